The molecule has 1 saturated carbocycles. The molecule has 0 spiro atoms. The second-order valence-corrected chi connectivity index (χ2v) is 5.46. The Morgan fingerprint density at radius 1 is 1.28 bits per heavy atom. The highest BCUT2D eigenvalue weighted by atomic mass is 15.3. The summed E-state index contributed by atoms with van der Waals surface area (Å²) in [6.07, 6.45) is 6.89. The summed E-state index contributed by atoms with van der Waals surface area (Å²) in [5.41, 5.74) is 2.14. The molecule has 4 nitrogen and oxygen atoms in total. The van der Waals surface area contributed by atoms with Crippen molar-refractivity contribution in [1.29, 1.82) is 0 Å². The van der Waals surface area contributed by atoms with Gasteiger partial charge in [0.25, 0.3) is 0 Å². The molecule has 2 heterocycles. The molecule has 2 atom stereocenters. The SMILES string of the molecule is Cc1cc(NC2CCCCC2C)n2ncnc2c1. The maximum absolute atomic E-state index is 4.29. The van der Waals surface area contributed by atoms with E-state index in [-0.39, 0.29) is 0 Å². The van der Waals surface area contributed by atoms with Crippen LogP contribution in [0.4, 0.5) is 5.82 Å². The van der Waals surface area contributed by atoms with E-state index in [4.69, 9.17) is 0 Å². The van der Waals surface area contributed by atoms with Gasteiger partial charge in [-0.3, -0.25) is 0 Å². The smallest absolute Gasteiger partial charge is 0.157 e. The molecule has 0 bridgehead atoms. The summed E-state index contributed by atoms with van der Waals surface area (Å²) in [5.74, 6) is 1.80. The van der Waals surface area contributed by atoms with Gasteiger partial charge in [-0.15, -0.1) is 0 Å². The van der Waals surface area contributed by atoms with Crippen LogP contribution < -0.4 is 5.32 Å². The monoisotopic (exact) mass is 244 g/mol. The molecule has 0 saturated heterocycles. The molecule has 0 aromatic carbocycles. The Hall–Kier alpha value is -1.58. The van der Waals surface area contributed by atoms with Gasteiger partial charge in [-0.25, -0.2) is 4.98 Å². The van der Waals surface area contributed by atoms with Crippen LogP contribution in [0.25, 0.3) is 5.65 Å². The first-order valence-corrected chi connectivity index (χ1v) is 6.81. The Bertz CT molecular complexity index is 546. The number of nitrogens with one attached hydrogen (secondary N) is 1. The van der Waals surface area contributed by atoms with Gasteiger partial charge < -0.3 is 5.32 Å². The zero-order valence-corrected chi connectivity index (χ0v) is 11.1. The minimum Gasteiger partial charge on any atom is -0.367 e. The molecule has 2 aromatic heterocycles. The van der Waals surface area contributed by atoms with Gasteiger partial charge in [-0.1, -0.05) is 19.8 Å². The number of aromatic nitrogens is 3. The molecule has 3 rings (SSSR count). The van der Waals surface area contributed by atoms with E-state index in [1.54, 1.807) is 6.33 Å². The van der Waals surface area contributed by atoms with Crippen LogP contribution in [0, 0.1) is 12.8 Å². The van der Waals surface area contributed by atoms with Crippen molar-refractivity contribution in [1.82, 2.24) is 14.6 Å². The van der Waals surface area contributed by atoms with E-state index in [1.807, 2.05) is 4.52 Å². The fraction of sp³-hybridized carbons (Fsp3) is 0.571. The molecular weight excluding hydrogens is 224 g/mol. The third-order valence-electron chi connectivity index (χ3n) is 3.97. The molecule has 0 radical (unpaired) electrons. The number of hydrogen-bond acceptors (Lipinski definition) is 3. The average Bonchev–Trinajstić information content (AvgIpc) is 2.80. The van der Waals surface area contributed by atoms with Crippen molar-refractivity contribution in [2.75, 3.05) is 5.32 Å². The van der Waals surface area contributed by atoms with E-state index in [0.29, 0.717) is 6.04 Å². The molecule has 1 N–H and O–H groups in total. The van der Waals surface area contributed by atoms with Crippen LogP contribution in [-0.4, -0.2) is 20.6 Å². The van der Waals surface area contributed by atoms with E-state index < -0.39 is 0 Å². The Morgan fingerprint density at radius 3 is 2.94 bits per heavy atom. The van der Waals surface area contributed by atoms with Crippen molar-refractivity contribution >= 4 is 11.5 Å². The predicted molar refractivity (Wildman–Crippen MR) is 72.8 cm³/mol. The number of pyridine rings is 1. The second-order valence-electron chi connectivity index (χ2n) is 5.46. The van der Waals surface area contributed by atoms with Crippen molar-refractivity contribution in [2.24, 2.45) is 5.92 Å². The highest BCUT2D eigenvalue weighted by molar-refractivity contribution is 5.51. The summed E-state index contributed by atoms with van der Waals surface area (Å²) in [7, 11) is 0. The van der Waals surface area contributed by atoms with Crippen molar-refractivity contribution in [3.05, 3.63) is 24.0 Å². The summed E-state index contributed by atoms with van der Waals surface area (Å²) < 4.78 is 1.90. The number of fused-ring (bicyclic) bond motifs is 1. The standard InChI is InChI=1S/C14H20N4/c1-10-7-13-15-9-16-18(13)14(8-10)17-12-6-4-3-5-11(12)2/h7-9,11-12,17H,3-6H2,1-2H3. The van der Waals surface area contributed by atoms with Gasteiger partial charge in [0.2, 0.25) is 0 Å². The number of nitrogens with zero attached hydrogens (tertiary/aromatic N) is 3. The molecular formula is C14H20N4. The molecule has 4 heteroatoms. The lowest BCUT2D eigenvalue weighted by Crippen LogP contribution is -2.31. The maximum Gasteiger partial charge on any atom is 0.157 e. The number of anilines is 1. The zero-order valence-electron chi connectivity index (χ0n) is 11.1. The number of hydrogen-bond donors (Lipinski definition) is 1. The van der Waals surface area contributed by atoms with Crippen molar-refractivity contribution in [3.8, 4) is 0 Å². The fourth-order valence-electron chi connectivity index (χ4n) is 2.88. The Labute approximate surface area is 107 Å². The van der Waals surface area contributed by atoms with Gasteiger partial charge in [0.15, 0.2) is 5.65 Å². The van der Waals surface area contributed by atoms with E-state index >= 15 is 0 Å². The Balaban J connectivity index is 1.91. The molecule has 1 aliphatic carbocycles. The summed E-state index contributed by atoms with van der Waals surface area (Å²) in [6.45, 7) is 4.44. The Kier molecular flexibility index (Phi) is 2.94. The molecule has 18 heavy (non-hydrogen) atoms. The zero-order chi connectivity index (χ0) is 12.5. The van der Waals surface area contributed by atoms with Crippen LogP contribution in [0.1, 0.15) is 38.2 Å². The Morgan fingerprint density at radius 2 is 2.11 bits per heavy atom. The van der Waals surface area contributed by atoms with Crippen LogP contribution in [0.5, 0.6) is 0 Å². The highest BCUT2D eigenvalue weighted by Crippen LogP contribution is 2.27. The van der Waals surface area contributed by atoms with Crippen molar-refractivity contribution in [3.63, 3.8) is 0 Å². The van der Waals surface area contributed by atoms with Crippen molar-refractivity contribution < 1.29 is 0 Å². The summed E-state index contributed by atoms with van der Waals surface area (Å²) >= 11 is 0. The summed E-state index contributed by atoms with van der Waals surface area (Å²) in [5, 5.41) is 7.95. The first kappa shape index (κ1) is 11.5. The van der Waals surface area contributed by atoms with Crippen molar-refractivity contribution in [2.45, 2.75) is 45.6 Å². The first-order valence-electron chi connectivity index (χ1n) is 6.81. The maximum atomic E-state index is 4.29. The minimum absolute atomic E-state index is 0.563. The van der Waals surface area contributed by atoms with Gasteiger partial charge >= 0.3 is 0 Å². The summed E-state index contributed by atoms with van der Waals surface area (Å²) in [4.78, 5) is 4.26. The van der Waals surface area contributed by atoms with E-state index in [9.17, 15) is 0 Å². The highest BCUT2D eigenvalue weighted by Gasteiger charge is 2.21. The molecule has 1 fully saturated rings. The molecule has 1 aliphatic rings. The lowest BCUT2D eigenvalue weighted by atomic mass is 9.86. The molecule has 0 amide bonds. The second kappa shape index (κ2) is 4.59. The lowest BCUT2D eigenvalue weighted by molar-refractivity contribution is 0.348. The normalized spacial score (nSPS) is 24.3. The van der Waals surface area contributed by atoms with Crippen LogP contribution in [0.15, 0.2) is 18.5 Å². The van der Waals surface area contributed by atoms with Gasteiger partial charge in [-0.05, 0) is 43.4 Å². The molecule has 2 aromatic rings. The topological polar surface area (TPSA) is 42.2 Å². The molecule has 96 valence electrons. The lowest BCUT2D eigenvalue weighted by Gasteiger charge is -2.30. The van der Waals surface area contributed by atoms with E-state index in [1.165, 1.54) is 31.2 Å². The van der Waals surface area contributed by atoms with Gasteiger partial charge in [0, 0.05) is 6.04 Å². The fourth-order valence-corrected chi connectivity index (χ4v) is 2.88. The third-order valence-corrected chi connectivity index (χ3v) is 3.97. The minimum atomic E-state index is 0.563. The van der Waals surface area contributed by atoms with Gasteiger partial charge in [0.05, 0.1) is 0 Å². The summed E-state index contributed by atoms with van der Waals surface area (Å²) in [6, 6.07) is 4.78. The van der Waals surface area contributed by atoms with Crippen LogP contribution in [0.2, 0.25) is 0 Å². The van der Waals surface area contributed by atoms with Crippen LogP contribution in [0.3, 0.4) is 0 Å². The van der Waals surface area contributed by atoms with Crippen LogP contribution in [-0.2, 0) is 0 Å². The number of aryl methyl sites for hydroxylation is 1. The quantitative estimate of drug-likeness (QED) is 0.883. The predicted octanol–water partition coefficient (Wildman–Crippen LogP) is 3.03. The number of rotatable bonds is 2. The van der Waals surface area contributed by atoms with E-state index in [2.05, 4.69) is 41.4 Å². The first-order chi connectivity index (χ1) is 8.74. The average molecular weight is 244 g/mol. The largest absolute Gasteiger partial charge is 0.367 e. The third kappa shape index (κ3) is 2.07. The van der Waals surface area contributed by atoms with Gasteiger partial charge in [0.1, 0.15) is 12.1 Å². The molecule has 2 unspecified atom stereocenters. The van der Waals surface area contributed by atoms with E-state index in [0.717, 1.165) is 17.4 Å². The molecule has 0 aliphatic heterocycles. The van der Waals surface area contributed by atoms with Crippen LogP contribution >= 0.6 is 0 Å². The van der Waals surface area contributed by atoms with Gasteiger partial charge in [-0.2, -0.15) is 9.61 Å².